The summed E-state index contributed by atoms with van der Waals surface area (Å²) in [7, 11) is 1.51. The van der Waals surface area contributed by atoms with Gasteiger partial charge in [-0.25, -0.2) is 0 Å². The number of nitrogens with zero attached hydrogens (tertiary/aromatic N) is 1. The van der Waals surface area contributed by atoms with Gasteiger partial charge in [0.2, 0.25) is 0 Å². The highest BCUT2D eigenvalue weighted by molar-refractivity contribution is 4.61. The molecule has 0 bridgehead atoms. The molecule has 0 heterocycles. The summed E-state index contributed by atoms with van der Waals surface area (Å²) in [5, 5.41) is 12.5. The van der Waals surface area contributed by atoms with Crippen molar-refractivity contribution in [2.75, 3.05) is 7.05 Å². The Labute approximate surface area is 53.4 Å². The molecule has 0 saturated heterocycles. The van der Waals surface area contributed by atoms with Crippen molar-refractivity contribution in [2.45, 2.75) is 19.1 Å². The molecular formula is C4H11N3O2. The van der Waals surface area contributed by atoms with Crippen LogP contribution in [0.4, 0.5) is 0 Å². The Morgan fingerprint density at radius 3 is 2.22 bits per heavy atom. The van der Waals surface area contributed by atoms with Crippen molar-refractivity contribution in [3.8, 4) is 0 Å². The van der Waals surface area contributed by atoms with E-state index < -0.39 is 17.1 Å². The van der Waals surface area contributed by atoms with Crippen molar-refractivity contribution in [1.29, 1.82) is 0 Å². The maximum atomic E-state index is 10.0. The zero-order valence-corrected chi connectivity index (χ0v) is 5.50. The highest BCUT2D eigenvalue weighted by Gasteiger charge is 2.21. The lowest BCUT2D eigenvalue weighted by Crippen LogP contribution is -2.46. The number of rotatable bonds is 3. The van der Waals surface area contributed by atoms with E-state index in [2.05, 4.69) is 5.32 Å². The van der Waals surface area contributed by atoms with Gasteiger partial charge in [0.25, 0.3) is 6.17 Å². The molecule has 2 unspecified atom stereocenters. The van der Waals surface area contributed by atoms with E-state index in [4.69, 9.17) is 5.73 Å². The standard InChI is InChI=1S/C4H11N3O2/c1-3(5)4(6-2)7(8)9/h3-4,6H,5H2,1-2H3. The van der Waals surface area contributed by atoms with Crippen LogP contribution in [0, 0.1) is 10.1 Å². The molecule has 0 radical (unpaired) electrons. The van der Waals surface area contributed by atoms with Crippen molar-refractivity contribution < 1.29 is 4.92 Å². The fourth-order valence-electron chi connectivity index (χ4n) is 0.560. The van der Waals surface area contributed by atoms with E-state index in [9.17, 15) is 10.1 Å². The zero-order chi connectivity index (χ0) is 7.44. The van der Waals surface area contributed by atoms with E-state index in [1.807, 2.05) is 0 Å². The second-order valence-electron chi connectivity index (χ2n) is 1.88. The van der Waals surface area contributed by atoms with Crippen LogP contribution in [0.1, 0.15) is 6.92 Å². The van der Waals surface area contributed by atoms with E-state index in [0.29, 0.717) is 0 Å². The summed E-state index contributed by atoms with van der Waals surface area (Å²) >= 11 is 0. The molecule has 0 amide bonds. The highest BCUT2D eigenvalue weighted by atomic mass is 16.6. The first kappa shape index (κ1) is 8.32. The lowest BCUT2D eigenvalue weighted by Gasteiger charge is -2.10. The van der Waals surface area contributed by atoms with Crippen LogP contribution in [0.25, 0.3) is 0 Å². The topological polar surface area (TPSA) is 81.2 Å². The summed E-state index contributed by atoms with van der Waals surface area (Å²) in [5.74, 6) is 0. The van der Waals surface area contributed by atoms with Crippen LogP contribution in [-0.4, -0.2) is 24.2 Å². The minimum atomic E-state index is -0.829. The highest BCUT2D eigenvalue weighted by Crippen LogP contribution is 1.87. The first-order chi connectivity index (χ1) is 4.09. The second kappa shape index (κ2) is 3.37. The molecule has 0 aromatic heterocycles. The van der Waals surface area contributed by atoms with Gasteiger partial charge in [0, 0.05) is 4.92 Å². The molecule has 54 valence electrons. The van der Waals surface area contributed by atoms with Gasteiger partial charge in [0.1, 0.15) is 0 Å². The molecule has 0 aliphatic rings. The van der Waals surface area contributed by atoms with Crippen LogP contribution >= 0.6 is 0 Å². The first-order valence-corrected chi connectivity index (χ1v) is 2.66. The Bertz CT molecular complexity index is 104. The molecule has 0 rings (SSSR count). The number of hydrogen-bond donors (Lipinski definition) is 2. The zero-order valence-electron chi connectivity index (χ0n) is 5.50. The molecule has 0 aromatic rings. The molecule has 5 heteroatoms. The average Bonchev–Trinajstić information content (AvgIpc) is 1.64. The van der Waals surface area contributed by atoms with Gasteiger partial charge in [0.15, 0.2) is 0 Å². The van der Waals surface area contributed by atoms with Gasteiger partial charge in [0.05, 0.1) is 6.04 Å². The third kappa shape index (κ3) is 2.39. The smallest absolute Gasteiger partial charge is 0.280 e. The molecule has 9 heavy (non-hydrogen) atoms. The number of nitro groups is 1. The molecule has 0 saturated carbocycles. The summed E-state index contributed by atoms with van der Waals surface area (Å²) in [6.07, 6.45) is -0.829. The fourth-order valence-corrected chi connectivity index (χ4v) is 0.560. The van der Waals surface area contributed by atoms with E-state index in [1.165, 1.54) is 7.05 Å². The number of hydrogen-bond acceptors (Lipinski definition) is 4. The van der Waals surface area contributed by atoms with Gasteiger partial charge in [-0.15, -0.1) is 0 Å². The largest absolute Gasteiger partial charge is 0.321 e. The van der Waals surface area contributed by atoms with Crippen molar-refractivity contribution in [1.82, 2.24) is 5.32 Å². The minimum Gasteiger partial charge on any atom is -0.321 e. The van der Waals surface area contributed by atoms with Crippen LogP contribution in [0.2, 0.25) is 0 Å². The monoisotopic (exact) mass is 133 g/mol. The maximum absolute atomic E-state index is 10.0. The van der Waals surface area contributed by atoms with E-state index in [1.54, 1.807) is 6.92 Å². The summed E-state index contributed by atoms with van der Waals surface area (Å²) in [6, 6.07) is -0.454. The predicted octanol–water partition coefficient (Wildman–Crippen LogP) is -0.844. The maximum Gasteiger partial charge on any atom is 0.280 e. The van der Waals surface area contributed by atoms with Gasteiger partial charge in [-0.1, -0.05) is 0 Å². The molecule has 0 fully saturated rings. The normalized spacial score (nSPS) is 16.8. The Hall–Kier alpha value is -0.680. The Morgan fingerprint density at radius 1 is 1.78 bits per heavy atom. The number of nitrogens with one attached hydrogen (secondary N) is 1. The molecule has 3 N–H and O–H groups in total. The van der Waals surface area contributed by atoms with Gasteiger partial charge >= 0.3 is 0 Å². The Kier molecular flexibility index (Phi) is 3.11. The van der Waals surface area contributed by atoms with Crippen molar-refractivity contribution in [3.63, 3.8) is 0 Å². The SMILES string of the molecule is CNC(C(C)N)[N+](=O)[O-]. The van der Waals surface area contributed by atoms with Crippen molar-refractivity contribution in [2.24, 2.45) is 5.73 Å². The van der Waals surface area contributed by atoms with Gasteiger partial charge in [-0.2, -0.15) is 0 Å². The van der Waals surface area contributed by atoms with Gasteiger partial charge in [-0.05, 0) is 14.0 Å². The summed E-state index contributed by atoms with van der Waals surface area (Å²) < 4.78 is 0. The van der Waals surface area contributed by atoms with E-state index in [-0.39, 0.29) is 0 Å². The third-order valence-corrected chi connectivity index (χ3v) is 1.02. The Balaban J connectivity index is 3.83. The summed E-state index contributed by atoms with van der Waals surface area (Å²) in [4.78, 5) is 9.60. The van der Waals surface area contributed by atoms with Gasteiger partial charge < -0.3 is 5.73 Å². The quantitative estimate of drug-likeness (QED) is 0.298. The molecule has 0 aromatic carbocycles. The van der Waals surface area contributed by atoms with E-state index in [0.717, 1.165) is 0 Å². The molecule has 0 aliphatic carbocycles. The summed E-state index contributed by atoms with van der Waals surface area (Å²) in [5.41, 5.74) is 5.24. The fraction of sp³-hybridized carbons (Fsp3) is 1.00. The van der Waals surface area contributed by atoms with E-state index >= 15 is 0 Å². The number of likely N-dealkylation sites (N-methyl/N-ethyl adjacent to an activating group) is 1. The molecular weight excluding hydrogens is 122 g/mol. The van der Waals surface area contributed by atoms with Crippen molar-refractivity contribution >= 4 is 0 Å². The molecule has 0 aliphatic heterocycles. The van der Waals surface area contributed by atoms with Crippen LogP contribution < -0.4 is 11.1 Å². The first-order valence-electron chi connectivity index (χ1n) is 2.66. The number of nitrogens with two attached hydrogens (primary N) is 1. The van der Waals surface area contributed by atoms with Crippen LogP contribution in [0.5, 0.6) is 0 Å². The molecule has 0 spiro atoms. The lowest BCUT2D eigenvalue weighted by atomic mass is 10.3. The van der Waals surface area contributed by atoms with Crippen LogP contribution in [0.3, 0.4) is 0 Å². The lowest BCUT2D eigenvalue weighted by molar-refractivity contribution is -0.531. The molecule has 2 atom stereocenters. The Morgan fingerprint density at radius 2 is 2.22 bits per heavy atom. The second-order valence-corrected chi connectivity index (χ2v) is 1.88. The summed E-state index contributed by atoms with van der Waals surface area (Å²) in [6.45, 7) is 1.59. The average molecular weight is 133 g/mol. The third-order valence-electron chi connectivity index (χ3n) is 1.02. The molecule has 5 nitrogen and oxygen atoms in total. The van der Waals surface area contributed by atoms with Crippen LogP contribution in [0.15, 0.2) is 0 Å². The van der Waals surface area contributed by atoms with Gasteiger partial charge in [-0.3, -0.25) is 15.4 Å². The predicted molar refractivity (Wildman–Crippen MR) is 33.5 cm³/mol. The minimum absolute atomic E-state index is 0.440. The van der Waals surface area contributed by atoms with Crippen LogP contribution in [-0.2, 0) is 0 Å². The van der Waals surface area contributed by atoms with Crippen molar-refractivity contribution in [3.05, 3.63) is 10.1 Å².